The summed E-state index contributed by atoms with van der Waals surface area (Å²) in [6.07, 6.45) is 0. The van der Waals surface area contributed by atoms with Crippen molar-refractivity contribution in [2.24, 2.45) is 0 Å². The average molecular weight is 663 g/mol. The molecule has 0 radical (unpaired) electrons. The van der Waals surface area contributed by atoms with Crippen molar-refractivity contribution >= 4 is 76.5 Å². The van der Waals surface area contributed by atoms with Gasteiger partial charge >= 0.3 is 0 Å². The first-order chi connectivity index (χ1) is 25.8. The number of nitrogens with zero attached hydrogens (tertiary/aromatic N) is 4. The molecule has 4 aromatic heterocycles. The summed E-state index contributed by atoms with van der Waals surface area (Å²) in [5, 5.41) is 7.62. The van der Waals surface area contributed by atoms with Gasteiger partial charge in [-0.25, -0.2) is 0 Å². The Labute approximate surface area is 298 Å². The van der Waals surface area contributed by atoms with Crippen molar-refractivity contribution in [3.8, 4) is 22.7 Å². The Morgan fingerprint density at radius 1 is 0.212 bits per heavy atom. The monoisotopic (exact) mass is 662 g/mol. The van der Waals surface area contributed by atoms with Gasteiger partial charge in [-0.05, 0) is 84.9 Å². The normalized spacial score (nSPS) is 12.2. The summed E-state index contributed by atoms with van der Waals surface area (Å²) in [5.74, 6) is 0. The molecular formula is C48H30N4. The molecule has 0 saturated carbocycles. The van der Waals surface area contributed by atoms with Crippen LogP contribution in [-0.2, 0) is 0 Å². The third-order valence-electron chi connectivity index (χ3n) is 11.1. The van der Waals surface area contributed by atoms with E-state index in [0.717, 1.165) is 22.7 Å². The molecule has 52 heavy (non-hydrogen) atoms. The number of para-hydroxylation sites is 4. The van der Waals surface area contributed by atoms with Crippen LogP contribution in [0.2, 0.25) is 0 Å². The zero-order chi connectivity index (χ0) is 33.9. The molecule has 0 N–H and O–H groups in total. The van der Waals surface area contributed by atoms with Crippen LogP contribution in [0.1, 0.15) is 0 Å². The van der Waals surface area contributed by atoms with Gasteiger partial charge in [0.15, 0.2) is 0 Å². The Hall–Kier alpha value is -7.04. The van der Waals surface area contributed by atoms with E-state index in [1.54, 1.807) is 0 Å². The highest BCUT2D eigenvalue weighted by atomic mass is 15.0. The van der Waals surface area contributed by atoms with Gasteiger partial charge in [0.1, 0.15) is 0 Å². The molecule has 12 aromatic rings. The van der Waals surface area contributed by atoms with E-state index in [1.165, 1.54) is 76.5 Å². The number of hydrogen-bond donors (Lipinski definition) is 0. The quantitative estimate of drug-likeness (QED) is 0.179. The van der Waals surface area contributed by atoms with Crippen molar-refractivity contribution in [1.82, 2.24) is 18.3 Å². The van der Waals surface area contributed by atoms with E-state index in [-0.39, 0.29) is 0 Å². The van der Waals surface area contributed by atoms with E-state index in [4.69, 9.17) is 0 Å². The van der Waals surface area contributed by atoms with Crippen molar-refractivity contribution in [1.29, 1.82) is 0 Å². The molecule has 242 valence electrons. The van der Waals surface area contributed by atoms with E-state index in [0.29, 0.717) is 0 Å². The first-order valence-electron chi connectivity index (χ1n) is 17.9. The van der Waals surface area contributed by atoms with Crippen molar-refractivity contribution < 1.29 is 0 Å². The zero-order valence-electron chi connectivity index (χ0n) is 28.1. The molecule has 0 fully saturated rings. The Bertz CT molecular complexity index is 3050. The summed E-state index contributed by atoms with van der Waals surface area (Å²) < 4.78 is 9.71. The Balaban J connectivity index is 1.12. The van der Waals surface area contributed by atoms with Crippen LogP contribution in [0.15, 0.2) is 182 Å². The first kappa shape index (κ1) is 27.7. The summed E-state index contributed by atoms with van der Waals surface area (Å²) in [5.41, 5.74) is 14.3. The molecule has 4 nitrogen and oxygen atoms in total. The van der Waals surface area contributed by atoms with Gasteiger partial charge in [0.2, 0.25) is 0 Å². The van der Waals surface area contributed by atoms with Crippen LogP contribution in [-0.4, -0.2) is 18.3 Å². The van der Waals surface area contributed by atoms with Gasteiger partial charge in [-0.1, -0.05) is 97.1 Å². The van der Waals surface area contributed by atoms with Crippen LogP contribution in [0.5, 0.6) is 0 Å². The minimum Gasteiger partial charge on any atom is -0.309 e. The predicted octanol–water partition coefficient (Wildman–Crippen LogP) is 12.4. The van der Waals surface area contributed by atoms with Gasteiger partial charge < -0.3 is 18.3 Å². The summed E-state index contributed by atoms with van der Waals surface area (Å²) in [6, 6.07) is 66.3. The second kappa shape index (κ2) is 10.3. The summed E-state index contributed by atoms with van der Waals surface area (Å²) in [7, 11) is 0. The van der Waals surface area contributed by atoms with E-state index in [9.17, 15) is 0 Å². The minimum absolute atomic E-state index is 1.16. The maximum absolute atomic E-state index is 2.46. The SMILES string of the molecule is c1ccc(-n2c3ccccc3c3ccc(-n4c5cccc6c5c5c4cccc5n6-c4ccc5c6ccccc6n(-c6ccccc6)c5c4)cc32)cc1. The highest BCUT2D eigenvalue weighted by molar-refractivity contribution is 6.25. The molecule has 4 heterocycles. The lowest BCUT2D eigenvalue weighted by Crippen LogP contribution is -1.99. The van der Waals surface area contributed by atoms with Crippen LogP contribution in [0, 0.1) is 0 Å². The average Bonchev–Trinajstić information content (AvgIpc) is 3.93. The fourth-order valence-electron chi connectivity index (χ4n) is 9.04. The molecule has 0 aliphatic carbocycles. The van der Waals surface area contributed by atoms with E-state index >= 15 is 0 Å². The molecule has 0 aliphatic heterocycles. The predicted molar refractivity (Wildman–Crippen MR) is 217 cm³/mol. The zero-order valence-corrected chi connectivity index (χ0v) is 28.1. The Morgan fingerprint density at radius 3 is 0.962 bits per heavy atom. The largest absolute Gasteiger partial charge is 0.309 e. The Morgan fingerprint density at radius 2 is 0.538 bits per heavy atom. The van der Waals surface area contributed by atoms with E-state index in [1.807, 2.05) is 0 Å². The van der Waals surface area contributed by atoms with Gasteiger partial charge in [0, 0.05) is 55.1 Å². The number of benzene rings is 8. The molecule has 0 amide bonds. The standard InChI is InChI=1S/C48H30N4/c1-3-13-31(14-4-1)49-39-19-9-7-17-35(39)37-27-25-33(29-45(37)49)51-41-21-11-23-43-47(41)48-42(51)22-12-24-44(48)52(43)34-26-28-38-36-18-8-10-20-40(36)50(46(38)30-34)32-15-5-2-6-16-32/h1-30H. The molecular weight excluding hydrogens is 633 g/mol. The molecule has 0 saturated heterocycles. The van der Waals surface area contributed by atoms with Crippen molar-refractivity contribution in [2.45, 2.75) is 0 Å². The molecule has 4 heteroatoms. The molecule has 12 rings (SSSR count). The third-order valence-corrected chi connectivity index (χ3v) is 11.1. The second-order valence-corrected chi connectivity index (χ2v) is 13.8. The molecule has 8 aromatic carbocycles. The van der Waals surface area contributed by atoms with Crippen LogP contribution in [0.3, 0.4) is 0 Å². The van der Waals surface area contributed by atoms with E-state index in [2.05, 4.69) is 200 Å². The van der Waals surface area contributed by atoms with Crippen LogP contribution in [0.25, 0.3) is 99.2 Å². The maximum atomic E-state index is 2.46. The van der Waals surface area contributed by atoms with Crippen LogP contribution < -0.4 is 0 Å². The van der Waals surface area contributed by atoms with Crippen molar-refractivity contribution in [3.05, 3.63) is 182 Å². The fourth-order valence-corrected chi connectivity index (χ4v) is 9.04. The maximum Gasteiger partial charge on any atom is 0.0563 e. The first-order valence-corrected chi connectivity index (χ1v) is 17.9. The molecule has 0 bridgehead atoms. The van der Waals surface area contributed by atoms with Crippen molar-refractivity contribution in [2.75, 3.05) is 0 Å². The number of rotatable bonds is 4. The summed E-state index contributed by atoms with van der Waals surface area (Å²) in [4.78, 5) is 0. The van der Waals surface area contributed by atoms with Gasteiger partial charge in [-0.2, -0.15) is 0 Å². The molecule has 0 spiro atoms. The van der Waals surface area contributed by atoms with Crippen LogP contribution >= 0.6 is 0 Å². The van der Waals surface area contributed by atoms with Crippen molar-refractivity contribution in [3.63, 3.8) is 0 Å². The van der Waals surface area contributed by atoms with Gasteiger partial charge in [0.05, 0.1) is 44.1 Å². The molecule has 0 unspecified atom stereocenters. The Kier molecular flexibility index (Phi) is 5.47. The number of hydrogen-bond acceptors (Lipinski definition) is 0. The minimum atomic E-state index is 1.16. The number of fused-ring (bicyclic) bond motifs is 6. The fraction of sp³-hybridized carbons (Fsp3) is 0. The van der Waals surface area contributed by atoms with Gasteiger partial charge in [-0.15, -0.1) is 0 Å². The smallest absolute Gasteiger partial charge is 0.0563 e. The van der Waals surface area contributed by atoms with Crippen LogP contribution in [0.4, 0.5) is 0 Å². The van der Waals surface area contributed by atoms with E-state index < -0.39 is 0 Å². The summed E-state index contributed by atoms with van der Waals surface area (Å²) >= 11 is 0. The lowest BCUT2D eigenvalue weighted by molar-refractivity contribution is 1.14. The lowest BCUT2D eigenvalue weighted by Gasteiger charge is -2.14. The summed E-state index contributed by atoms with van der Waals surface area (Å²) in [6.45, 7) is 0. The second-order valence-electron chi connectivity index (χ2n) is 13.8. The van der Waals surface area contributed by atoms with Gasteiger partial charge in [0.25, 0.3) is 0 Å². The highest BCUT2D eigenvalue weighted by Gasteiger charge is 2.24. The number of aromatic nitrogens is 4. The van der Waals surface area contributed by atoms with Gasteiger partial charge in [-0.3, -0.25) is 0 Å². The molecule has 0 atom stereocenters. The highest BCUT2D eigenvalue weighted by Crippen LogP contribution is 2.44. The lowest BCUT2D eigenvalue weighted by atomic mass is 10.1. The topological polar surface area (TPSA) is 19.7 Å². The third kappa shape index (κ3) is 3.60. The molecule has 0 aliphatic rings.